The Hall–Kier alpha value is -3.15. The molecule has 2 aromatic carbocycles. The van der Waals surface area contributed by atoms with E-state index in [1.54, 1.807) is 0 Å². The zero-order valence-electron chi connectivity index (χ0n) is 14.8. The van der Waals surface area contributed by atoms with E-state index in [1.807, 2.05) is 54.6 Å². The quantitative estimate of drug-likeness (QED) is 0.840. The van der Waals surface area contributed by atoms with Crippen molar-refractivity contribution in [3.05, 3.63) is 60.2 Å². The molecule has 1 N–H and O–H groups in total. The summed E-state index contributed by atoms with van der Waals surface area (Å²) in [5.74, 6) is -0.606. The standard InChI is InChI=1S/C20H21N3O3/c1-22-17(19(25)23(2)20(22)26)12-18(24)21-13-14-8-10-16(11-9-14)15-6-4-3-5-7-15/h3-11,17H,12-13H2,1-2H3,(H,21,24)/t17-/m0/s1. The second kappa shape index (κ2) is 7.39. The van der Waals surface area contributed by atoms with E-state index < -0.39 is 6.04 Å². The van der Waals surface area contributed by atoms with Gasteiger partial charge in [0.05, 0.1) is 6.42 Å². The highest BCUT2D eigenvalue weighted by molar-refractivity contribution is 6.05. The number of likely N-dealkylation sites (N-methyl/N-ethyl adjacent to an activating group) is 2. The van der Waals surface area contributed by atoms with Crippen molar-refractivity contribution in [2.24, 2.45) is 0 Å². The van der Waals surface area contributed by atoms with Crippen molar-refractivity contribution in [1.29, 1.82) is 0 Å². The van der Waals surface area contributed by atoms with Gasteiger partial charge in [-0.1, -0.05) is 54.6 Å². The molecule has 26 heavy (non-hydrogen) atoms. The molecule has 1 aliphatic rings. The van der Waals surface area contributed by atoms with Gasteiger partial charge >= 0.3 is 6.03 Å². The number of hydrogen-bond donors (Lipinski definition) is 1. The molecular weight excluding hydrogens is 330 g/mol. The van der Waals surface area contributed by atoms with E-state index in [2.05, 4.69) is 5.32 Å². The topological polar surface area (TPSA) is 69.7 Å². The molecule has 3 rings (SSSR count). The number of benzene rings is 2. The van der Waals surface area contributed by atoms with Gasteiger partial charge in [0.1, 0.15) is 6.04 Å². The highest BCUT2D eigenvalue weighted by Crippen LogP contribution is 2.19. The Labute approximate surface area is 152 Å². The third-order valence-electron chi connectivity index (χ3n) is 4.60. The van der Waals surface area contributed by atoms with Crippen LogP contribution in [-0.4, -0.2) is 47.8 Å². The molecule has 1 heterocycles. The molecule has 1 aliphatic heterocycles. The summed E-state index contributed by atoms with van der Waals surface area (Å²) in [6.07, 6.45) is -0.0342. The number of amides is 4. The zero-order chi connectivity index (χ0) is 18.7. The van der Waals surface area contributed by atoms with Crippen molar-refractivity contribution < 1.29 is 14.4 Å². The van der Waals surface area contributed by atoms with Crippen molar-refractivity contribution in [1.82, 2.24) is 15.1 Å². The molecule has 2 aromatic rings. The molecule has 1 atom stereocenters. The van der Waals surface area contributed by atoms with Gasteiger partial charge in [-0.15, -0.1) is 0 Å². The SMILES string of the molecule is CN1C(=O)[C@H](CC(=O)NCc2ccc(-c3ccccc3)cc2)N(C)C1=O. The van der Waals surface area contributed by atoms with Crippen LogP contribution in [0.3, 0.4) is 0 Å². The maximum Gasteiger partial charge on any atom is 0.326 e. The lowest BCUT2D eigenvalue weighted by atomic mass is 10.0. The molecule has 0 bridgehead atoms. The Morgan fingerprint density at radius 1 is 0.962 bits per heavy atom. The molecular formula is C20H21N3O3. The van der Waals surface area contributed by atoms with Gasteiger partial charge in [0.2, 0.25) is 5.91 Å². The van der Waals surface area contributed by atoms with Crippen LogP contribution < -0.4 is 5.32 Å². The van der Waals surface area contributed by atoms with Crippen molar-refractivity contribution in [3.63, 3.8) is 0 Å². The number of carbonyl (C=O) groups excluding carboxylic acids is 3. The molecule has 6 heteroatoms. The summed E-state index contributed by atoms with van der Waals surface area (Å²) in [6, 6.07) is 16.9. The number of nitrogens with one attached hydrogen (secondary N) is 1. The van der Waals surface area contributed by atoms with Crippen LogP contribution in [0.5, 0.6) is 0 Å². The highest BCUT2D eigenvalue weighted by Gasteiger charge is 2.41. The molecule has 0 spiro atoms. The third-order valence-corrected chi connectivity index (χ3v) is 4.60. The van der Waals surface area contributed by atoms with Crippen molar-refractivity contribution in [2.75, 3.05) is 14.1 Å². The monoisotopic (exact) mass is 351 g/mol. The van der Waals surface area contributed by atoms with Crippen LogP contribution in [0, 0.1) is 0 Å². The van der Waals surface area contributed by atoms with Gasteiger partial charge in [-0.25, -0.2) is 4.79 Å². The Bertz CT molecular complexity index is 818. The number of imide groups is 1. The first kappa shape index (κ1) is 17.7. The van der Waals surface area contributed by atoms with E-state index in [-0.39, 0.29) is 24.3 Å². The first-order valence-corrected chi connectivity index (χ1v) is 8.43. The Morgan fingerprint density at radius 3 is 2.15 bits per heavy atom. The van der Waals surface area contributed by atoms with Crippen LogP contribution in [0.15, 0.2) is 54.6 Å². The average molecular weight is 351 g/mol. The molecule has 6 nitrogen and oxygen atoms in total. The van der Waals surface area contributed by atoms with E-state index in [4.69, 9.17) is 0 Å². The summed E-state index contributed by atoms with van der Waals surface area (Å²) in [5, 5.41) is 2.81. The number of rotatable bonds is 5. The fourth-order valence-electron chi connectivity index (χ4n) is 2.97. The second-order valence-electron chi connectivity index (χ2n) is 6.35. The molecule has 4 amide bonds. The minimum Gasteiger partial charge on any atom is -0.352 e. The average Bonchev–Trinajstić information content (AvgIpc) is 2.85. The summed E-state index contributed by atoms with van der Waals surface area (Å²) in [5.41, 5.74) is 3.22. The minimum absolute atomic E-state index is 0.0342. The van der Waals surface area contributed by atoms with Gasteiger partial charge in [0.15, 0.2) is 0 Å². The smallest absolute Gasteiger partial charge is 0.326 e. The maximum atomic E-state index is 12.1. The van der Waals surface area contributed by atoms with E-state index in [0.29, 0.717) is 6.54 Å². The van der Waals surface area contributed by atoms with Crippen molar-refractivity contribution in [2.45, 2.75) is 19.0 Å². The first-order valence-electron chi connectivity index (χ1n) is 8.43. The Balaban J connectivity index is 1.55. The maximum absolute atomic E-state index is 12.1. The minimum atomic E-state index is -0.729. The van der Waals surface area contributed by atoms with E-state index in [0.717, 1.165) is 21.6 Å². The van der Waals surface area contributed by atoms with Gasteiger partial charge in [-0.2, -0.15) is 0 Å². The van der Waals surface area contributed by atoms with Crippen molar-refractivity contribution >= 4 is 17.8 Å². The van der Waals surface area contributed by atoms with Gasteiger partial charge in [-0.3, -0.25) is 14.5 Å². The second-order valence-corrected chi connectivity index (χ2v) is 6.35. The fraction of sp³-hybridized carbons (Fsp3) is 0.250. The predicted molar refractivity (Wildman–Crippen MR) is 98.1 cm³/mol. The molecule has 0 aliphatic carbocycles. The van der Waals surface area contributed by atoms with Crippen LogP contribution in [-0.2, 0) is 16.1 Å². The Kier molecular flexibility index (Phi) is 5.02. The fourth-order valence-corrected chi connectivity index (χ4v) is 2.97. The molecule has 134 valence electrons. The van der Waals surface area contributed by atoms with Crippen molar-refractivity contribution in [3.8, 4) is 11.1 Å². The number of nitrogens with zero attached hydrogens (tertiary/aromatic N) is 2. The van der Waals surface area contributed by atoms with Gasteiger partial charge < -0.3 is 10.2 Å². The highest BCUT2D eigenvalue weighted by atomic mass is 16.2. The summed E-state index contributed by atoms with van der Waals surface area (Å²) in [4.78, 5) is 38.2. The van der Waals surface area contributed by atoms with Crippen LogP contribution in [0.25, 0.3) is 11.1 Å². The lowest BCUT2D eigenvalue weighted by molar-refractivity contribution is -0.131. The first-order chi connectivity index (χ1) is 12.5. The zero-order valence-corrected chi connectivity index (χ0v) is 14.8. The molecule has 1 saturated heterocycles. The molecule has 1 fully saturated rings. The predicted octanol–water partition coefficient (Wildman–Crippen LogP) is 2.25. The summed E-state index contributed by atoms with van der Waals surface area (Å²) in [7, 11) is 2.96. The largest absolute Gasteiger partial charge is 0.352 e. The van der Waals surface area contributed by atoms with Crippen LogP contribution in [0.2, 0.25) is 0 Å². The molecule has 0 aromatic heterocycles. The van der Waals surface area contributed by atoms with E-state index >= 15 is 0 Å². The molecule has 0 radical (unpaired) electrons. The lowest BCUT2D eigenvalue weighted by Crippen LogP contribution is -2.37. The van der Waals surface area contributed by atoms with Crippen LogP contribution in [0.4, 0.5) is 4.79 Å². The number of hydrogen-bond acceptors (Lipinski definition) is 3. The summed E-state index contributed by atoms with van der Waals surface area (Å²) >= 11 is 0. The molecule has 0 unspecified atom stereocenters. The Morgan fingerprint density at radius 2 is 1.58 bits per heavy atom. The van der Waals surface area contributed by atoms with Gasteiger partial charge in [-0.05, 0) is 16.7 Å². The van der Waals surface area contributed by atoms with Crippen LogP contribution >= 0.6 is 0 Å². The normalized spacial score (nSPS) is 16.9. The number of urea groups is 1. The summed E-state index contributed by atoms with van der Waals surface area (Å²) < 4.78 is 0. The summed E-state index contributed by atoms with van der Waals surface area (Å²) in [6.45, 7) is 0.377. The van der Waals surface area contributed by atoms with E-state index in [9.17, 15) is 14.4 Å². The van der Waals surface area contributed by atoms with E-state index in [1.165, 1.54) is 19.0 Å². The molecule has 0 saturated carbocycles. The van der Waals surface area contributed by atoms with Gasteiger partial charge in [0.25, 0.3) is 5.91 Å². The lowest BCUT2D eigenvalue weighted by Gasteiger charge is -2.15. The van der Waals surface area contributed by atoms with Gasteiger partial charge in [0, 0.05) is 20.6 Å². The number of carbonyl (C=O) groups is 3. The van der Waals surface area contributed by atoms with Crippen LogP contribution in [0.1, 0.15) is 12.0 Å². The third kappa shape index (κ3) is 3.59.